The summed E-state index contributed by atoms with van der Waals surface area (Å²) in [4.78, 5) is 0. The standard InChI is InChI=1S/C12H21N/c1-11(8-9-13)10-12-6-4-2-3-5-7-12/h11-12H,2-8,10H2,1H3. The number of nitrogens with zero attached hydrogens (tertiary/aromatic N) is 1. The Labute approximate surface area is 82.1 Å². The van der Waals surface area contributed by atoms with E-state index in [9.17, 15) is 0 Å². The monoisotopic (exact) mass is 179 g/mol. The molecule has 1 heteroatoms. The molecule has 1 nitrogen and oxygen atoms in total. The molecule has 0 amide bonds. The second kappa shape index (κ2) is 6.02. The summed E-state index contributed by atoms with van der Waals surface area (Å²) >= 11 is 0. The molecule has 0 N–H and O–H groups in total. The minimum atomic E-state index is 0.619. The quantitative estimate of drug-likeness (QED) is 0.603. The molecule has 0 spiro atoms. The smallest absolute Gasteiger partial charge is 0.0624 e. The van der Waals surface area contributed by atoms with E-state index in [4.69, 9.17) is 5.26 Å². The molecule has 13 heavy (non-hydrogen) atoms. The minimum Gasteiger partial charge on any atom is -0.198 e. The van der Waals surface area contributed by atoms with Gasteiger partial charge in [-0.05, 0) is 18.3 Å². The van der Waals surface area contributed by atoms with E-state index in [1.54, 1.807) is 0 Å². The maximum atomic E-state index is 8.57. The van der Waals surface area contributed by atoms with Gasteiger partial charge in [0.1, 0.15) is 0 Å². The van der Waals surface area contributed by atoms with E-state index >= 15 is 0 Å². The van der Waals surface area contributed by atoms with Gasteiger partial charge in [0.05, 0.1) is 6.07 Å². The molecule has 1 atom stereocenters. The first-order chi connectivity index (χ1) is 6.33. The van der Waals surface area contributed by atoms with Crippen molar-refractivity contribution in [3.05, 3.63) is 0 Å². The number of rotatable bonds is 3. The first kappa shape index (κ1) is 10.6. The zero-order chi connectivity index (χ0) is 9.52. The van der Waals surface area contributed by atoms with Gasteiger partial charge in [-0.3, -0.25) is 0 Å². The van der Waals surface area contributed by atoms with Crippen molar-refractivity contribution in [1.82, 2.24) is 0 Å². The first-order valence-corrected chi connectivity index (χ1v) is 5.70. The molecule has 1 fully saturated rings. The van der Waals surface area contributed by atoms with Gasteiger partial charge in [0, 0.05) is 6.42 Å². The lowest BCUT2D eigenvalue weighted by Crippen LogP contribution is -2.05. The zero-order valence-electron chi connectivity index (χ0n) is 8.76. The van der Waals surface area contributed by atoms with Gasteiger partial charge in [-0.15, -0.1) is 0 Å². The molecule has 1 rings (SSSR count). The number of hydrogen-bond donors (Lipinski definition) is 0. The summed E-state index contributed by atoms with van der Waals surface area (Å²) in [5.74, 6) is 1.54. The molecular weight excluding hydrogens is 158 g/mol. The second-order valence-corrected chi connectivity index (χ2v) is 4.56. The van der Waals surface area contributed by atoms with Crippen LogP contribution in [0, 0.1) is 23.2 Å². The highest BCUT2D eigenvalue weighted by Gasteiger charge is 2.14. The third kappa shape index (κ3) is 4.31. The second-order valence-electron chi connectivity index (χ2n) is 4.56. The average Bonchev–Trinajstić information content (AvgIpc) is 2.33. The average molecular weight is 179 g/mol. The van der Waals surface area contributed by atoms with Crippen molar-refractivity contribution < 1.29 is 0 Å². The van der Waals surface area contributed by atoms with E-state index in [-0.39, 0.29) is 0 Å². The van der Waals surface area contributed by atoms with Gasteiger partial charge in [0.15, 0.2) is 0 Å². The largest absolute Gasteiger partial charge is 0.198 e. The molecule has 74 valence electrons. The van der Waals surface area contributed by atoms with Crippen LogP contribution in [0.4, 0.5) is 0 Å². The van der Waals surface area contributed by atoms with Crippen molar-refractivity contribution in [2.45, 2.75) is 58.3 Å². The van der Waals surface area contributed by atoms with Crippen molar-refractivity contribution in [2.24, 2.45) is 11.8 Å². The number of hydrogen-bond acceptors (Lipinski definition) is 1. The van der Waals surface area contributed by atoms with E-state index < -0.39 is 0 Å². The van der Waals surface area contributed by atoms with Gasteiger partial charge in [0.25, 0.3) is 0 Å². The van der Waals surface area contributed by atoms with E-state index in [2.05, 4.69) is 13.0 Å². The van der Waals surface area contributed by atoms with Crippen LogP contribution in [0.3, 0.4) is 0 Å². The molecule has 0 aromatic carbocycles. The van der Waals surface area contributed by atoms with Crippen LogP contribution in [0.2, 0.25) is 0 Å². The lowest BCUT2D eigenvalue weighted by atomic mass is 9.89. The van der Waals surface area contributed by atoms with Gasteiger partial charge in [-0.2, -0.15) is 5.26 Å². The van der Waals surface area contributed by atoms with Crippen LogP contribution in [0.1, 0.15) is 58.3 Å². The topological polar surface area (TPSA) is 23.8 Å². The summed E-state index contributed by atoms with van der Waals surface area (Å²) in [5, 5.41) is 8.57. The summed E-state index contributed by atoms with van der Waals surface area (Å²) < 4.78 is 0. The van der Waals surface area contributed by atoms with Crippen molar-refractivity contribution in [2.75, 3.05) is 0 Å². The van der Waals surface area contributed by atoms with E-state index in [1.165, 1.54) is 44.9 Å². The predicted octanol–water partition coefficient (Wildman–Crippen LogP) is 3.90. The lowest BCUT2D eigenvalue weighted by molar-refractivity contribution is 0.358. The lowest BCUT2D eigenvalue weighted by Gasteiger charge is -2.16. The predicted molar refractivity (Wildman–Crippen MR) is 55.2 cm³/mol. The summed E-state index contributed by atoms with van der Waals surface area (Å²) in [6.07, 6.45) is 10.6. The van der Waals surface area contributed by atoms with Gasteiger partial charge < -0.3 is 0 Å². The highest BCUT2D eigenvalue weighted by molar-refractivity contribution is 4.76. The Morgan fingerprint density at radius 3 is 2.38 bits per heavy atom. The molecule has 0 aromatic rings. The summed E-state index contributed by atoms with van der Waals surface area (Å²) in [6, 6.07) is 2.27. The van der Waals surface area contributed by atoms with Crippen LogP contribution in [0.15, 0.2) is 0 Å². The van der Waals surface area contributed by atoms with Crippen LogP contribution >= 0.6 is 0 Å². The van der Waals surface area contributed by atoms with Gasteiger partial charge >= 0.3 is 0 Å². The Hall–Kier alpha value is -0.510. The SMILES string of the molecule is CC(CC#N)CC1CCCCCC1. The Morgan fingerprint density at radius 2 is 1.85 bits per heavy atom. The Balaban J connectivity index is 2.22. The summed E-state index contributed by atoms with van der Waals surface area (Å²) in [7, 11) is 0. The Morgan fingerprint density at radius 1 is 1.23 bits per heavy atom. The summed E-state index contributed by atoms with van der Waals surface area (Å²) in [6.45, 7) is 2.22. The molecule has 1 aliphatic rings. The van der Waals surface area contributed by atoms with E-state index in [1.807, 2.05) is 0 Å². The zero-order valence-corrected chi connectivity index (χ0v) is 8.76. The molecule has 0 aromatic heterocycles. The maximum absolute atomic E-state index is 8.57. The molecule has 1 saturated carbocycles. The van der Waals surface area contributed by atoms with Crippen molar-refractivity contribution in [3.8, 4) is 6.07 Å². The van der Waals surface area contributed by atoms with Gasteiger partial charge in [-0.1, -0.05) is 45.4 Å². The highest BCUT2D eigenvalue weighted by Crippen LogP contribution is 2.28. The molecule has 0 saturated heterocycles. The highest BCUT2D eigenvalue weighted by atomic mass is 14.3. The fourth-order valence-electron chi connectivity index (χ4n) is 2.41. The molecular formula is C12H21N. The normalized spacial score (nSPS) is 21.8. The maximum Gasteiger partial charge on any atom is 0.0624 e. The Bertz CT molecular complexity index is 160. The van der Waals surface area contributed by atoms with Crippen LogP contribution < -0.4 is 0 Å². The minimum absolute atomic E-state index is 0.619. The van der Waals surface area contributed by atoms with E-state index in [0.717, 1.165) is 12.3 Å². The molecule has 0 radical (unpaired) electrons. The van der Waals surface area contributed by atoms with Crippen molar-refractivity contribution in [1.29, 1.82) is 5.26 Å². The van der Waals surface area contributed by atoms with Crippen molar-refractivity contribution >= 4 is 0 Å². The molecule has 1 unspecified atom stereocenters. The van der Waals surface area contributed by atoms with Gasteiger partial charge in [0.2, 0.25) is 0 Å². The molecule has 0 aliphatic heterocycles. The third-order valence-corrected chi connectivity index (χ3v) is 3.15. The van der Waals surface area contributed by atoms with E-state index in [0.29, 0.717) is 5.92 Å². The molecule has 0 bridgehead atoms. The van der Waals surface area contributed by atoms with Crippen LogP contribution in [-0.2, 0) is 0 Å². The molecule has 1 aliphatic carbocycles. The summed E-state index contributed by atoms with van der Waals surface area (Å²) in [5.41, 5.74) is 0. The Kier molecular flexibility index (Phi) is 4.90. The fraction of sp³-hybridized carbons (Fsp3) is 0.917. The number of nitriles is 1. The van der Waals surface area contributed by atoms with Crippen LogP contribution in [0.25, 0.3) is 0 Å². The first-order valence-electron chi connectivity index (χ1n) is 5.70. The third-order valence-electron chi connectivity index (χ3n) is 3.15. The van der Waals surface area contributed by atoms with Gasteiger partial charge in [-0.25, -0.2) is 0 Å². The van der Waals surface area contributed by atoms with Crippen LogP contribution in [0.5, 0.6) is 0 Å². The van der Waals surface area contributed by atoms with Crippen LogP contribution in [-0.4, -0.2) is 0 Å². The van der Waals surface area contributed by atoms with Crippen molar-refractivity contribution in [3.63, 3.8) is 0 Å². The fourth-order valence-corrected chi connectivity index (χ4v) is 2.41. The molecule has 0 heterocycles.